The number of hydrogen-bond donors (Lipinski definition) is 3. The SMILES string of the molecule is CC(=O)NCc1ccc(CNNC(=O)OC(C)(C)C)cc1. The molecule has 0 unspecified atom stereocenters. The van der Waals surface area contributed by atoms with Crippen molar-refractivity contribution >= 4 is 12.0 Å². The van der Waals surface area contributed by atoms with E-state index in [9.17, 15) is 9.59 Å². The van der Waals surface area contributed by atoms with Crippen LogP contribution in [0.3, 0.4) is 0 Å². The molecule has 0 saturated heterocycles. The van der Waals surface area contributed by atoms with E-state index in [0.29, 0.717) is 13.1 Å². The van der Waals surface area contributed by atoms with Crippen LogP contribution >= 0.6 is 0 Å². The number of carbonyl (C=O) groups excluding carboxylic acids is 2. The van der Waals surface area contributed by atoms with Crippen molar-refractivity contribution in [1.29, 1.82) is 0 Å². The van der Waals surface area contributed by atoms with E-state index in [0.717, 1.165) is 11.1 Å². The Morgan fingerprint density at radius 2 is 1.57 bits per heavy atom. The average Bonchev–Trinajstić information content (AvgIpc) is 2.35. The van der Waals surface area contributed by atoms with Gasteiger partial charge in [0.25, 0.3) is 0 Å². The van der Waals surface area contributed by atoms with Crippen LogP contribution in [0.2, 0.25) is 0 Å². The van der Waals surface area contributed by atoms with Crippen LogP contribution in [0, 0.1) is 0 Å². The molecule has 0 aromatic heterocycles. The molecule has 0 aliphatic rings. The van der Waals surface area contributed by atoms with Gasteiger partial charge in [0.2, 0.25) is 5.91 Å². The minimum atomic E-state index is -0.517. The van der Waals surface area contributed by atoms with E-state index < -0.39 is 11.7 Å². The minimum absolute atomic E-state index is 0.0534. The van der Waals surface area contributed by atoms with Crippen molar-refractivity contribution in [3.05, 3.63) is 35.4 Å². The summed E-state index contributed by atoms with van der Waals surface area (Å²) >= 11 is 0. The summed E-state index contributed by atoms with van der Waals surface area (Å²) in [5.41, 5.74) is 6.79. The summed E-state index contributed by atoms with van der Waals surface area (Å²) in [6.07, 6.45) is -0.509. The molecule has 6 heteroatoms. The van der Waals surface area contributed by atoms with Crippen molar-refractivity contribution in [3.8, 4) is 0 Å². The largest absolute Gasteiger partial charge is 0.443 e. The third-order valence-electron chi connectivity index (χ3n) is 2.45. The third-order valence-corrected chi connectivity index (χ3v) is 2.45. The van der Waals surface area contributed by atoms with E-state index >= 15 is 0 Å². The predicted octanol–water partition coefficient (Wildman–Crippen LogP) is 1.85. The maximum Gasteiger partial charge on any atom is 0.422 e. The number of rotatable bonds is 5. The quantitative estimate of drug-likeness (QED) is 0.724. The number of hydrazine groups is 1. The van der Waals surface area contributed by atoms with E-state index in [2.05, 4.69) is 16.2 Å². The van der Waals surface area contributed by atoms with Crippen molar-refractivity contribution in [3.63, 3.8) is 0 Å². The molecule has 2 amide bonds. The van der Waals surface area contributed by atoms with Crippen LogP contribution in [-0.4, -0.2) is 17.6 Å². The van der Waals surface area contributed by atoms with Crippen LogP contribution in [0.25, 0.3) is 0 Å². The second-order valence-corrected chi connectivity index (χ2v) is 5.71. The smallest absolute Gasteiger partial charge is 0.422 e. The van der Waals surface area contributed by atoms with Gasteiger partial charge in [-0.15, -0.1) is 0 Å². The molecule has 6 nitrogen and oxygen atoms in total. The van der Waals surface area contributed by atoms with E-state index in [4.69, 9.17) is 4.74 Å². The Bertz CT molecular complexity index is 478. The maximum absolute atomic E-state index is 11.4. The second kappa shape index (κ2) is 7.64. The van der Waals surface area contributed by atoms with Crippen LogP contribution < -0.4 is 16.2 Å². The first-order chi connectivity index (χ1) is 9.76. The van der Waals surface area contributed by atoms with Crippen LogP contribution in [-0.2, 0) is 22.6 Å². The van der Waals surface area contributed by atoms with Crippen LogP contribution in [0.15, 0.2) is 24.3 Å². The lowest BCUT2D eigenvalue weighted by atomic mass is 10.1. The second-order valence-electron chi connectivity index (χ2n) is 5.71. The Labute approximate surface area is 125 Å². The fourth-order valence-electron chi connectivity index (χ4n) is 1.52. The highest BCUT2D eigenvalue weighted by atomic mass is 16.6. The molecule has 0 fully saturated rings. The van der Waals surface area contributed by atoms with Crippen molar-refractivity contribution in [2.24, 2.45) is 0 Å². The highest BCUT2D eigenvalue weighted by Gasteiger charge is 2.15. The van der Waals surface area contributed by atoms with Crippen molar-refractivity contribution in [2.45, 2.75) is 46.4 Å². The van der Waals surface area contributed by atoms with Crippen LogP contribution in [0.4, 0.5) is 4.79 Å². The number of nitrogens with one attached hydrogen (secondary N) is 3. The summed E-state index contributed by atoms with van der Waals surface area (Å²) in [5.74, 6) is -0.0534. The van der Waals surface area contributed by atoms with Crippen molar-refractivity contribution in [1.82, 2.24) is 16.2 Å². The fraction of sp³-hybridized carbons (Fsp3) is 0.467. The summed E-state index contributed by atoms with van der Waals surface area (Å²) in [6, 6.07) is 7.72. The zero-order chi connectivity index (χ0) is 15.9. The molecule has 0 radical (unpaired) electrons. The van der Waals surface area contributed by atoms with Gasteiger partial charge in [0.05, 0.1) is 0 Å². The van der Waals surface area contributed by atoms with Gasteiger partial charge in [0.15, 0.2) is 0 Å². The summed E-state index contributed by atoms with van der Waals surface area (Å²) in [7, 11) is 0. The fourth-order valence-corrected chi connectivity index (χ4v) is 1.52. The molecule has 0 aliphatic heterocycles. The molecule has 21 heavy (non-hydrogen) atoms. The first-order valence-corrected chi connectivity index (χ1v) is 6.80. The maximum atomic E-state index is 11.4. The number of benzene rings is 1. The lowest BCUT2D eigenvalue weighted by Crippen LogP contribution is -2.40. The van der Waals surface area contributed by atoms with Gasteiger partial charge in [0.1, 0.15) is 5.60 Å². The molecular weight excluding hydrogens is 270 g/mol. The number of amides is 2. The lowest BCUT2D eigenvalue weighted by molar-refractivity contribution is -0.119. The zero-order valence-corrected chi connectivity index (χ0v) is 12.9. The third kappa shape index (κ3) is 7.94. The molecule has 0 aliphatic carbocycles. The summed E-state index contributed by atoms with van der Waals surface area (Å²) < 4.78 is 5.10. The Morgan fingerprint density at radius 3 is 2.05 bits per heavy atom. The summed E-state index contributed by atoms with van der Waals surface area (Å²) in [4.78, 5) is 22.2. The van der Waals surface area contributed by atoms with Crippen molar-refractivity contribution in [2.75, 3.05) is 0 Å². The van der Waals surface area contributed by atoms with Crippen molar-refractivity contribution < 1.29 is 14.3 Å². The number of hydrogen-bond acceptors (Lipinski definition) is 4. The van der Waals surface area contributed by atoms with Crippen LogP contribution in [0.5, 0.6) is 0 Å². The first kappa shape index (κ1) is 17.0. The highest BCUT2D eigenvalue weighted by molar-refractivity contribution is 5.72. The molecular formula is C15H23N3O3. The predicted molar refractivity (Wildman–Crippen MR) is 80.2 cm³/mol. The molecule has 3 N–H and O–H groups in total. The van der Waals surface area contributed by atoms with Gasteiger partial charge in [-0.05, 0) is 31.9 Å². The molecule has 1 rings (SSSR count). The lowest BCUT2D eigenvalue weighted by Gasteiger charge is -2.19. The first-order valence-electron chi connectivity index (χ1n) is 6.80. The average molecular weight is 293 g/mol. The monoisotopic (exact) mass is 293 g/mol. The Morgan fingerprint density at radius 1 is 1.05 bits per heavy atom. The normalized spacial score (nSPS) is 10.9. The van der Waals surface area contributed by atoms with E-state index in [1.54, 1.807) is 20.8 Å². The molecule has 116 valence electrons. The Kier molecular flexibility index (Phi) is 6.17. The molecule has 0 bridgehead atoms. The Balaban J connectivity index is 2.33. The zero-order valence-electron chi connectivity index (χ0n) is 12.9. The molecule has 1 aromatic rings. The van der Waals surface area contributed by atoms with E-state index in [1.165, 1.54) is 6.92 Å². The van der Waals surface area contributed by atoms with Gasteiger partial charge in [-0.2, -0.15) is 0 Å². The molecule has 0 spiro atoms. The number of ether oxygens (including phenoxy) is 1. The molecule has 0 heterocycles. The van der Waals surface area contributed by atoms with E-state index in [1.807, 2.05) is 24.3 Å². The minimum Gasteiger partial charge on any atom is -0.443 e. The molecule has 0 atom stereocenters. The summed E-state index contributed by atoms with van der Waals surface area (Å²) in [5, 5.41) is 2.73. The van der Waals surface area contributed by atoms with Gasteiger partial charge in [-0.25, -0.2) is 10.2 Å². The van der Waals surface area contributed by atoms with Gasteiger partial charge in [-0.3, -0.25) is 10.2 Å². The molecule has 0 saturated carbocycles. The van der Waals surface area contributed by atoms with Gasteiger partial charge in [0, 0.05) is 20.0 Å². The van der Waals surface area contributed by atoms with E-state index in [-0.39, 0.29) is 5.91 Å². The highest BCUT2D eigenvalue weighted by Crippen LogP contribution is 2.06. The standard InChI is InChI=1S/C15H23N3O3/c1-11(19)16-9-12-5-7-13(8-6-12)10-17-18-14(20)21-15(2,3)4/h5-8,17H,9-10H2,1-4H3,(H,16,19)(H,18,20). The van der Waals surface area contributed by atoms with Gasteiger partial charge >= 0.3 is 6.09 Å². The molecule has 1 aromatic carbocycles. The van der Waals surface area contributed by atoms with Gasteiger partial charge in [-0.1, -0.05) is 24.3 Å². The van der Waals surface area contributed by atoms with Crippen LogP contribution in [0.1, 0.15) is 38.8 Å². The topological polar surface area (TPSA) is 79.5 Å². The summed E-state index contributed by atoms with van der Waals surface area (Å²) in [6.45, 7) is 7.90. The number of carbonyl (C=O) groups is 2. The van der Waals surface area contributed by atoms with Gasteiger partial charge < -0.3 is 10.1 Å². The Hall–Kier alpha value is -2.08.